The van der Waals surface area contributed by atoms with E-state index in [9.17, 15) is 18.4 Å². The highest BCUT2D eigenvalue weighted by molar-refractivity contribution is 7.13. The van der Waals surface area contributed by atoms with E-state index in [1.807, 2.05) is 31.2 Å². The summed E-state index contributed by atoms with van der Waals surface area (Å²) >= 11 is 1.39. The second kappa shape index (κ2) is 15.7. The fourth-order valence-corrected chi connectivity index (χ4v) is 5.47. The number of thiophene rings is 1. The second-order valence-electron chi connectivity index (χ2n) is 11.1. The maximum atomic E-state index is 14.1. The van der Waals surface area contributed by atoms with Gasteiger partial charge in [0.1, 0.15) is 18.1 Å². The zero-order valence-electron chi connectivity index (χ0n) is 26.6. The van der Waals surface area contributed by atoms with Crippen molar-refractivity contribution in [3.05, 3.63) is 97.9 Å². The third-order valence-electron chi connectivity index (χ3n) is 7.34. The first kappa shape index (κ1) is 35.3. The third kappa shape index (κ3) is 8.71. The molecule has 0 saturated heterocycles. The van der Waals surface area contributed by atoms with Gasteiger partial charge in [0.2, 0.25) is 11.3 Å². The first-order chi connectivity index (χ1) is 21.4. The van der Waals surface area contributed by atoms with Gasteiger partial charge in [0.25, 0.3) is 0 Å². The number of nitrogens with zero attached hydrogens (tertiary/aromatic N) is 3. The molecule has 1 aliphatic rings. The number of benzene rings is 1. The summed E-state index contributed by atoms with van der Waals surface area (Å²) < 4.78 is 53.7. The molecule has 2 heterocycles. The van der Waals surface area contributed by atoms with E-state index in [0.29, 0.717) is 11.5 Å². The van der Waals surface area contributed by atoms with E-state index in [1.165, 1.54) is 30.4 Å². The summed E-state index contributed by atoms with van der Waals surface area (Å²) in [6.07, 6.45) is 6.37. The molecule has 0 fully saturated rings. The Morgan fingerprint density at radius 3 is 2.24 bits per heavy atom. The number of anilines is 1. The fourth-order valence-electron chi connectivity index (χ4n) is 4.66. The fraction of sp³-hybridized carbons (Fsp3) is 0.389. The van der Waals surface area contributed by atoms with Crippen molar-refractivity contribution in [3.8, 4) is 11.8 Å². The normalized spacial score (nSPS) is 17.8. The molecule has 0 saturated carbocycles. The molecule has 3 rings (SSSR count). The molecule has 0 bridgehead atoms. The molecule has 45 heavy (non-hydrogen) atoms. The molecule has 9 heteroatoms. The predicted octanol–water partition coefficient (Wildman–Crippen LogP) is 10.6. The van der Waals surface area contributed by atoms with Gasteiger partial charge in [-0.1, -0.05) is 39.3 Å². The van der Waals surface area contributed by atoms with Gasteiger partial charge in [-0.3, -0.25) is 0 Å². The Bertz CT molecular complexity index is 1580. The zero-order chi connectivity index (χ0) is 33.2. The minimum atomic E-state index is -4.80. The molecular formula is C36H40F3N3O2S. The van der Waals surface area contributed by atoms with Gasteiger partial charge in [-0.2, -0.15) is 18.4 Å². The number of hydrogen-bond donors (Lipinski definition) is 0. The maximum Gasteiger partial charge on any atom is 0.430 e. The van der Waals surface area contributed by atoms with Crippen LogP contribution in [0.15, 0.2) is 71.2 Å². The number of rotatable bonds is 14. The average molecular weight is 636 g/mol. The number of alkyl halides is 3. The van der Waals surface area contributed by atoms with Gasteiger partial charge < -0.3 is 14.4 Å². The van der Waals surface area contributed by atoms with Gasteiger partial charge in [0, 0.05) is 45.7 Å². The van der Waals surface area contributed by atoms with Crippen LogP contribution in [0.1, 0.15) is 75.6 Å². The molecule has 238 valence electrons. The molecule has 0 amide bonds. The molecule has 1 aromatic heterocycles. The number of nitriles is 1. The van der Waals surface area contributed by atoms with Crippen molar-refractivity contribution in [3.63, 3.8) is 0 Å². The van der Waals surface area contributed by atoms with Crippen molar-refractivity contribution < 1.29 is 22.6 Å². The van der Waals surface area contributed by atoms with E-state index in [1.54, 1.807) is 12.1 Å². The molecule has 0 radical (unpaired) electrons. The summed E-state index contributed by atoms with van der Waals surface area (Å²) in [4.78, 5) is 7.29. The molecule has 1 aromatic carbocycles. The lowest BCUT2D eigenvalue weighted by atomic mass is 9.94. The monoisotopic (exact) mass is 635 g/mol. The first-order valence-corrected chi connectivity index (χ1v) is 15.8. The Morgan fingerprint density at radius 1 is 1.09 bits per heavy atom. The van der Waals surface area contributed by atoms with Gasteiger partial charge >= 0.3 is 6.18 Å². The van der Waals surface area contributed by atoms with Crippen molar-refractivity contribution >= 4 is 35.3 Å². The number of halogens is 3. The maximum absolute atomic E-state index is 14.1. The quantitative estimate of drug-likeness (QED) is 0.118. The van der Waals surface area contributed by atoms with E-state index in [0.717, 1.165) is 73.1 Å². The Labute approximate surface area is 269 Å². The van der Waals surface area contributed by atoms with Crippen molar-refractivity contribution in [2.75, 3.05) is 24.6 Å². The molecule has 0 spiro atoms. The Balaban J connectivity index is 1.92. The van der Waals surface area contributed by atoms with E-state index < -0.39 is 11.8 Å². The predicted molar refractivity (Wildman–Crippen MR) is 179 cm³/mol. The minimum absolute atomic E-state index is 0.0855. The van der Waals surface area contributed by atoms with Crippen molar-refractivity contribution in [1.29, 1.82) is 5.26 Å². The summed E-state index contributed by atoms with van der Waals surface area (Å²) in [7, 11) is 0. The molecule has 1 unspecified atom stereocenters. The van der Waals surface area contributed by atoms with Gasteiger partial charge in [-0.15, -0.1) is 11.3 Å². The van der Waals surface area contributed by atoms with Crippen LogP contribution in [0.25, 0.3) is 23.1 Å². The van der Waals surface area contributed by atoms with Crippen LogP contribution in [0.2, 0.25) is 0 Å². The highest BCUT2D eigenvalue weighted by atomic mass is 32.1. The average Bonchev–Trinajstić information content (AvgIpc) is 3.59. The first-order valence-electron chi connectivity index (χ1n) is 15.0. The van der Waals surface area contributed by atoms with E-state index in [4.69, 9.17) is 16.0 Å². The number of allylic oxidation sites excluding steroid dienone is 1. The largest absolute Gasteiger partial charge is 0.489 e. The summed E-state index contributed by atoms with van der Waals surface area (Å²) in [5.74, 6) is 0.417. The minimum Gasteiger partial charge on any atom is -0.489 e. The van der Waals surface area contributed by atoms with E-state index in [2.05, 4.69) is 42.3 Å². The van der Waals surface area contributed by atoms with Crippen LogP contribution in [0.4, 0.5) is 18.9 Å². The Kier molecular flexibility index (Phi) is 12.3. The zero-order valence-corrected chi connectivity index (χ0v) is 27.4. The third-order valence-corrected chi connectivity index (χ3v) is 8.36. The molecule has 5 nitrogen and oxygen atoms in total. The highest BCUT2D eigenvalue weighted by Crippen LogP contribution is 2.50. The van der Waals surface area contributed by atoms with Crippen LogP contribution < -0.4 is 9.64 Å². The SMILES string of the molecule is [C-]#[N+]C1=C(/C=C/c2ccc(/C=C/c3ccc(N(CCCC)CCCC)cc3OCC(=C)C)s2)C(C)(C(F)(F)F)O/C1=C(\C)C#N. The topological polar surface area (TPSA) is 49.9 Å². The summed E-state index contributed by atoms with van der Waals surface area (Å²) in [5, 5.41) is 9.25. The van der Waals surface area contributed by atoms with E-state index >= 15 is 0 Å². The van der Waals surface area contributed by atoms with Crippen LogP contribution in [0, 0.1) is 17.9 Å². The van der Waals surface area contributed by atoms with E-state index in [-0.39, 0.29) is 22.6 Å². The molecule has 1 aliphatic heterocycles. The number of unbranched alkanes of at least 4 members (excludes halogenated alkanes) is 2. The lowest BCUT2D eigenvalue weighted by Crippen LogP contribution is -2.43. The number of hydrogen-bond acceptors (Lipinski definition) is 5. The van der Waals surface area contributed by atoms with Crippen molar-refractivity contribution in [2.24, 2.45) is 0 Å². The van der Waals surface area contributed by atoms with Crippen LogP contribution in [-0.2, 0) is 4.74 Å². The van der Waals surface area contributed by atoms with Crippen LogP contribution in [-0.4, -0.2) is 31.5 Å². The molecule has 2 aromatic rings. The molecular weight excluding hydrogens is 595 g/mol. The standard InChI is InChI=1S/C36H40F3N3O2S/c1-8-10-20-42(21-11-9-2)28-14-12-27(32(22-28)43-24-25(3)4)13-15-29-16-17-30(45-29)18-19-31-33(41-7)34(26(5)23-40)44-35(31,6)36(37,38)39/h12-19,22H,3,8-11,20-21,24H2,1-2,4-6H3/b15-13+,19-18+,34-26+. The summed E-state index contributed by atoms with van der Waals surface area (Å²) in [6, 6.07) is 11.7. The summed E-state index contributed by atoms with van der Waals surface area (Å²) in [5.41, 5.74) is -0.535. The van der Waals surface area contributed by atoms with Crippen LogP contribution in [0.3, 0.4) is 0 Å². The van der Waals surface area contributed by atoms with Crippen molar-refractivity contribution in [1.82, 2.24) is 0 Å². The smallest absolute Gasteiger partial charge is 0.430 e. The second-order valence-corrected chi connectivity index (χ2v) is 12.3. The van der Waals surface area contributed by atoms with Crippen LogP contribution >= 0.6 is 11.3 Å². The Hall–Kier alpha value is -4.21. The van der Waals surface area contributed by atoms with Gasteiger partial charge in [-0.25, -0.2) is 4.85 Å². The molecule has 0 aliphatic carbocycles. The Morgan fingerprint density at radius 2 is 1.71 bits per heavy atom. The molecule has 1 atom stereocenters. The van der Waals surface area contributed by atoms with Crippen molar-refractivity contribution in [2.45, 2.75) is 72.1 Å². The van der Waals surface area contributed by atoms with Gasteiger partial charge in [0.15, 0.2) is 0 Å². The van der Waals surface area contributed by atoms with Crippen LogP contribution in [0.5, 0.6) is 5.75 Å². The van der Waals surface area contributed by atoms with Gasteiger partial charge in [0.05, 0.1) is 18.2 Å². The lowest BCUT2D eigenvalue weighted by molar-refractivity contribution is -0.236. The lowest BCUT2D eigenvalue weighted by Gasteiger charge is -2.29. The molecule has 0 N–H and O–H groups in total. The van der Waals surface area contributed by atoms with Gasteiger partial charge in [-0.05, 0) is 81.7 Å². The summed E-state index contributed by atoms with van der Waals surface area (Å²) in [6.45, 7) is 22.4. The highest BCUT2D eigenvalue weighted by Gasteiger charge is 2.60. The number of ether oxygens (including phenoxy) is 2.